The number of nitrogens with one attached hydrogen (secondary N) is 1. The molecule has 0 aliphatic heterocycles. The van der Waals surface area contributed by atoms with Gasteiger partial charge in [0.05, 0.1) is 6.20 Å². The zero-order valence-electron chi connectivity index (χ0n) is 10.2. The predicted octanol–water partition coefficient (Wildman–Crippen LogP) is 1.90. The molecule has 0 aliphatic rings. The third kappa shape index (κ3) is 4.38. The molecular weight excluding hydrogens is 223 g/mol. The SMILES string of the molecule is CCC(C)NC(=O)C(C)Oc1ccc(F)nc1. The number of halogens is 1. The van der Waals surface area contributed by atoms with Crippen molar-refractivity contribution in [1.82, 2.24) is 10.3 Å². The number of pyridine rings is 1. The molecule has 0 bridgehead atoms. The molecule has 94 valence electrons. The lowest BCUT2D eigenvalue weighted by Gasteiger charge is -2.17. The number of aromatic nitrogens is 1. The molecule has 5 heteroatoms. The minimum Gasteiger partial charge on any atom is -0.479 e. The van der Waals surface area contributed by atoms with Gasteiger partial charge >= 0.3 is 0 Å². The highest BCUT2D eigenvalue weighted by Gasteiger charge is 2.16. The van der Waals surface area contributed by atoms with Crippen molar-refractivity contribution >= 4 is 5.91 Å². The number of hydrogen-bond donors (Lipinski definition) is 1. The van der Waals surface area contributed by atoms with Crippen LogP contribution in [0.1, 0.15) is 27.2 Å². The number of ether oxygens (including phenoxy) is 1. The molecule has 1 N–H and O–H groups in total. The number of nitrogens with zero attached hydrogens (tertiary/aromatic N) is 1. The first-order chi connectivity index (χ1) is 8.02. The van der Waals surface area contributed by atoms with E-state index in [1.54, 1.807) is 6.92 Å². The second kappa shape index (κ2) is 6.18. The Morgan fingerprint density at radius 2 is 2.24 bits per heavy atom. The highest BCUT2D eigenvalue weighted by Crippen LogP contribution is 2.10. The van der Waals surface area contributed by atoms with Gasteiger partial charge in [-0.3, -0.25) is 4.79 Å². The molecule has 0 fully saturated rings. The summed E-state index contributed by atoms with van der Waals surface area (Å²) in [5, 5.41) is 2.80. The quantitative estimate of drug-likeness (QED) is 0.800. The van der Waals surface area contributed by atoms with Gasteiger partial charge in [0.2, 0.25) is 5.95 Å². The van der Waals surface area contributed by atoms with Gasteiger partial charge in [-0.1, -0.05) is 6.92 Å². The van der Waals surface area contributed by atoms with Crippen molar-refractivity contribution in [3.63, 3.8) is 0 Å². The average molecular weight is 240 g/mol. The third-order valence-electron chi connectivity index (χ3n) is 2.38. The van der Waals surface area contributed by atoms with Gasteiger partial charge in [0.15, 0.2) is 6.10 Å². The van der Waals surface area contributed by atoms with Crippen molar-refractivity contribution in [1.29, 1.82) is 0 Å². The van der Waals surface area contributed by atoms with Gasteiger partial charge in [-0.15, -0.1) is 0 Å². The summed E-state index contributed by atoms with van der Waals surface area (Å²) in [6.07, 6.45) is 1.48. The Bertz CT molecular complexity index is 367. The van der Waals surface area contributed by atoms with E-state index in [4.69, 9.17) is 4.74 Å². The lowest BCUT2D eigenvalue weighted by Crippen LogP contribution is -2.40. The summed E-state index contributed by atoms with van der Waals surface area (Å²) < 4.78 is 17.9. The van der Waals surface area contributed by atoms with Gasteiger partial charge in [0.25, 0.3) is 5.91 Å². The smallest absolute Gasteiger partial charge is 0.260 e. The van der Waals surface area contributed by atoms with Crippen molar-refractivity contribution in [3.05, 3.63) is 24.3 Å². The Morgan fingerprint density at radius 1 is 1.53 bits per heavy atom. The minimum atomic E-state index is -0.628. The van der Waals surface area contributed by atoms with Crippen LogP contribution in [0.15, 0.2) is 18.3 Å². The molecule has 1 heterocycles. The van der Waals surface area contributed by atoms with Crippen molar-refractivity contribution in [2.24, 2.45) is 0 Å². The number of rotatable bonds is 5. The Balaban J connectivity index is 2.51. The molecule has 0 aliphatic carbocycles. The monoisotopic (exact) mass is 240 g/mol. The maximum absolute atomic E-state index is 12.6. The Morgan fingerprint density at radius 3 is 2.76 bits per heavy atom. The van der Waals surface area contributed by atoms with Gasteiger partial charge in [-0.2, -0.15) is 4.39 Å². The molecule has 1 aromatic heterocycles. The highest BCUT2D eigenvalue weighted by molar-refractivity contribution is 5.80. The number of amides is 1. The molecular formula is C12H17FN2O2. The van der Waals surface area contributed by atoms with Crippen LogP contribution in [0.4, 0.5) is 4.39 Å². The Hall–Kier alpha value is -1.65. The summed E-state index contributed by atoms with van der Waals surface area (Å²) in [4.78, 5) is 15.1. The first-order valence-electron chi connectivity index (χ1n) is 5.61. The van der Waals surface area contributed by atoms with Crippen LogP contribution in [0, 0.1) is 5.95 Å². The van der Waals surface area contributed by atoms with E-state index in [2.05, 4.69) is 10.3 Å². The molecule has 1 aromatic rings. The predicted molar refractivity (Wildman–Crippen MR) is 62.2 cm³/mol. The second-order valence-corrected chi connectivity index (χ2v) is 3.89. The van der Waals surface area contributed by atoms with Gasteiger partial charge < -0.3 is 10.1 Å². The fourth-order valence-electron chi connectivity index (χ4n) is 1.15. The van der Waals surface area contributed by atoms with Crippen LogP contribution < -0.4 is 10.1 Å². The van der Waals surface area contributed by atoms with E-state index < -0.39 is 12.1 Å². The number of carbonyl (C=O) groups is 1. The average Bonchev–Trinajstić information content (AvgIpc) is 2.31. The zero-order chi connectivity index (χ0) is 12.8. The van der Waals surface area contributed by atoms with Crippen molar-refractivity contribution in [2.45, 2.75) is 39.3 Å². The first kappa shape index (κ1) is 13.4. The Labute approximate surface area is 100 Å². The molecule has 4 nitrogen and oxygen atoms in total. The molecule has 0 spiro atoms. The molecule has 2 atom stereocenters. The van der Waals surface area contributed by atoms with E-state index in [-0.39, 0.29) is 11.9 Å². The zero-order valence-corrected chi connectivity index (χ0v) is 10.2. The summed E-state index contributed by atoms with van der Waals surface area (Å²) in [6.45, 7) is 5.55. The molecule has 0 aromatic carbocycles. The van der Waals surface area contributed by atoms with Crippen LogP contribution in [0.3, 0.4) is 0 Å². The third-order valence-corrected chi connectivity index (χ3v) is 2.38. The van der Waals surface area contributed by atoms with Crippen molar-refractivity contribution < 1.29 is 13.9 Å². The summed E-state index contributed by atoms with van der Waals surface area (Å²) in [6, 6.07) is 2.74. The first-order valence-corrected chi connectivity index (χ1v) is 5.61. The minimum absolute atomic E-state index is 0.111. The summed E-state index contributed by atoms with van der Waals surface area (Å²) in [5.74, 6) is -0.393. The maximum atomic E-state index is 12.6. The fraction of sp³-hybridized carbons (Fsp3) is 0.500. The van der Waals surface area contributed by atoms with Crippen molar-refractivity contribution in [3.8, 4) is 5.75 Å². The molecule has 1 rings (SSSR count). The van der Waals surface area contributed by atoms with Crippen LogP contribution >= 0.6 is 0 Å². The van der Waals surface area contributed by atoms with E-state index in [0.717, 1.165) is 6.42 Å². The van der Waals surface area contributed by atoms with Crippen LogP contribution in [0.5, 0.6) is 5.75 Å². The molecule has 0 saturated carbocycles. The van der Waals surface area contributed by atoms with Gasteiger partial charge in [-0.25, -0.2) is 4.98 Å². The summed E-state index contributed by atoms with van der Waals surface area (Å²) in [5.41, 5.74) is 0. The molecule has 0 saturated heterocycles. The van der Waals surface area contributed by atoms with Crippen LogP contribution in [0.2, 0.25) is 0 Å². The summed E-state index contributed by atoms with van der Waals surface area (Å²) >= 11 is 0. The lowest BCUT2D eigenvalue weighted by atomic mass is 10.2. The van der Waals surface area contributed by atoms with Crippen LogP contribution in [-0.2, 0) is 4.79 Å². The van der Waals surface area contributed by atoms with Gasteiger partial charge in [0, 0.05) is 6.04 Å². The molecule has 0 radical (unpaired) electrons. The molecule has 17 heavy (non-hydrogen) atoms. The number of carbonyl (C=O) groups excluding carboxylic acids is 1. The van der Waals surface area contributed by atoms with E-state index in [1.165, 1.54) is 18.3 Å². The second-order valence-electron chi connectivity index (χ2n) is 3.89. The van der Waals surface area contributed by atoms with E-state index in [9.17, 15) is 9.18 Å². The molecule has 2 unspecified atom stereocenters. The fourth-order valence-corrected chi connectivity index (χ4v) is 1.15. The number of hydrogen-bond acceptors (Lipinski definition) is 3. The van der Waals surface area contributed by atoms with Gasteiger partial charge in [0.1, 0.15) is 5.75 Å². The van der Waals surface area contributed by atoms with E-state index in [0.29, 0.717) is 5.75 Å². The van der Waals surface area contributed by atoms with Crippen LogP contribution in [0.25, 0.3) is 0 Å². The largest absolute Gasteiger partial charge is 0.479 e. The Kier molecular flexibility index (Phi) is 4.87. The van der Waals surface area contributed by atoms with E-state index >= 15 is 0 Å². The molecule has 1 amide bonds. The van der Waals surface area contributed by atoms with Crippen molar-refractivity contribution in [2.75, 3.05) is 0 Å². The maximum Gasteiger partial charge on any atom is 0.260 e. The standard InChI is InChI=1S/C12H17FN2O2/c1-4-8(2)15-12(16)9(3)17-10-5-6-11(13)14-7-10/h5-9H,4H2,1-3H3,(H,15,16). The lowest BCUT2D eigenvalue weighted by molar-refractivity contribution is -0.127. The van der Waals surface area contributed by atoms with Gasteiger partial charge in [-0.05, 0) is 32.4 Å². The normalized spacial score (nSPS) is 13.9. The van der Waals surface area contributed by atoms with Crippen LogP contribution in [-0.4, -0.2) is 23.0 Å². The highest BCUT2D eigenvalue weighted by atomic mass is 19.1. The summed E-state index contributed by atoms with van der Waals surface area (Å²) in [7, 11) is 0. The van der Waals surface area contributed by atoms with E-state index in [1.807, 2.05) is 13.8 Å². The topological polar surface area (TPSA) is 51.2 Å².